The van der Waals surface area contributed by atoms with Gasteiger partial charge in [0.05, 0.1) is 0 Å². The smallest absolute Gasteiger partial charge is 0.126 e. The molecule has 2 aromatic carbocycles. The van der Waals surface area contributed by atoms with Crippen molar-refractivity contribution < 1.29 is 4.74 Å². The lowest BCUT2D eigenvalue weighted by molar-refractivity contribution is 0.160. The van der Waals surface area contributed by atoms with Gasteiger partial charge in [-0.2, -0.15) is 0 Å². The molecule has 0 aromatic heterocycles. The van der Waals surface area contributed by atoms with E-state index in [1.165, 1.54) is 16.7 Å². The van der Waals surface area contributed by atoms with Gasteiger partial charge in [0.15, 0.2) is 0 Å². The fraction of sp³-hybridized carbons (Fsp3) is 0.294. The van der Waals surface area contributed by atoms with Crippen LogP contribution in [0.2, 0.25) is 0 Å². The Morgan fingerprint density at radius 1 is 1.00 bits per heavy atom. The van der Waals surface area contributed by atoms with E-state index in [0.29, 0.717) is 0 Å². The highest BCUT2D eigenvalue weighted by molar-refractivity contribution is 5.42. The van der Waals surface area contributed by atoms with Crippen LogP contribution in [0.15, 0.2) is 42.5 Å². The van der Waals surface area contributed by atoms with Crippen molar-refractivity contribution in [2.45, 2.75) is 32.4 Å². The third-order valence-corrected chi connectivity index (χ3v) is 3.92. The van der Waals surface area contributed by atoms with Crippen LogP contribution in [0.4, 0.5) is 0 Å². The number of rotatable bonds is 1. The van der Waals surface area contributed by atoms with Gasteiger partial charge in [0.1, 0.15) is 11.9 Å². The summed E-state index contributed by atoms with van der Waals surface area (Å²) in [6.07, 6.45) is 0.897. The van der Waals surface area contributed by atoms with Gasteiger partial charge < -0.3 is 10.5 Å². The molecular formula is C17H19NO. The molecule has 2 atom stereocenters. The highest BCUT2D eigenvalue weighted by Crippen LogP contribution is 2.40. The minimum atomic E-state index is 0.0500. The first kappa shape index (κ1) is 12.2. The van der Waals surface area contributed by atoms with E-state index in [-0.39, 0.29) is 12.1 Å². The minimum absolute atomic E-state index is 0.0500. The lowest BCUT2D eigenvalue weighted by Gasteiger charge is -2.32. The third kappa shape index (κ3) is 2.13. The van der Waals surface area contributed by atoms with Crippen molar-refractivity contribution in [2.75, 3.05) is 0 Å². The third-order valence-electron chi connectivity index (χ3n) is 3.92. The Labute approximate surface area is 114 Å². The number of benzene rings is 2. The van der Waals surface area contributed by atoms with Gasteiger partial charge in [-0.3, -0.25) is 0 Å². The van der Waals surface area contributed by atoms with E-state index in [1.54, 1.807) is 0 Å². The van der Waals surface area contributed by atoms with Crippen LogP contribution in [-0.4, -0.2) is 0 Å². The molecule has 98 valence electrons. The topological polar surface area (TPSA) is 35.2 Å². The number of hydrogen-bond acceptors (Lipinski definition) is 2. The summed E-state index contributed by atoms with van der Waals surface area (Å²) in [5.74, 6) is 0.925. The summed E-state index contributed by atoms with van der Waals surface area (Å²) in [5, 5.41) is 0. The molecule has 2 heteroatoms. The molecule has 0 saturated heterocycles. The van der Waals surface area contributed by atoms with E-state index in [0.717, 1.165) is 17.7 Å². The average Bonchev–Trinajstić information content (AvgIpc) is 2.38. The van der Waals surface area contributed by atoms with Gasteiger partial charge in [0, 0.05) is 18.0 Å². The lowest BCUT2D eigenvalue weighted by atomic mass is 9.89. The van der Waals surface area contributed by atoms with E-state index in [4.69, 9.17) is 10.5 Å². The summed E-state index contributed by atoms with van der Waals surface area (Å²) in [7, 11) is 0. The summed E-state index contributed by atoms with van der Waals surface area (Å²) in [4.78, 5) is 0. The molecule has 0 radical (unpaired) electrons. The maximum absolute atomic E-state index is 6.29. The maximum Gasteiger partial charge on any atom is 0.126 e. The van der Waals surface area contributed by atoms with E-state index in [9.17, 15) is 0 Å². The Morgan fingerprint density at radius 2 is 1.68 bits per heavy atom. The zero-order valence-electron chi connectivity index (χ0n) is 11.4. The molecule has 1 heterocycles. The SMILES string of the molecule is Cc1cccc(C)c1C1C[C@@H](N)c2ccccc2O1. The Bertz CT molecular complexity index is 586. The summed E-state index contributed by atoms with van der Waals surface area (Å²) in [6.45, 7) is 4.27. The lowest BCUT2D eigenvalue weighted by Crippen LogP contribution is -2.25. The molecule has 0 amide bonds. The molecule has 2 nitrogen and oxygen atoms in total. The standard InChI is InChI=1S/C17H19NO/c1-11-6-5-7-12(2)17(11)16-10-14(18)13-8-3-4-9-15(13)19-16/h3-9,14,16H,10,18H2,1-2H3/t14-,16?/m1/s1. The number of fused-ring (bicyclic) bond motifs is 1. The van der Waals surface area contributed by atoms with Crippen LogP contribution in [0.5, 0.6) is 5.75 Å². The highest BCUT2D eigenvalue weighted by Gasteiger charge is 2.28. The van der Waals surface area contributed by atoms with Crippen molar-refractivity contribution in [1.82, 2.24) is 0 Å². The van der Waals surface area contributed by atoms with Crippen molar-refractivity contribution in [1.29, 1.82) is 0 Å². The number of aryl methyl sites for hydroxylation is 2. The Balaban J connectivity index is 2.02. The zero-order valence-corrected chi connectivity index (χ0v) is 11.4. The van der Waals surface area contributed by atoms with E-state index in [1.807, 2.05) is 18.2 Å². The summed E-state index contributed by atoms with van der Waals surface area (Å²) in [5.41, 5.74) is 11.2. The fourth-order valence-electron chi connectivity index (χ4n) is 2.97. The largest absolute Gasteiger partial charge is 0.485 e. The second kappa shape index (κ2) is 4.71. The Hall–Kier alpha value is -1.80. The molecule has 0 saturated carbocycles. The fourth-order valence-corrected chi connectivity index (χ4v) is 2.97. The number of nitrogens with two attached hydrogens (primary N) is 1. The van der Waals surface area contributed by atoms with Gasteiger partial charge in [-0.15, -0.1) is 0 Å². The summed E-state index contributed by atoms with van der Waals surface area (Å²) in [6, 6.07) is 14.5. The van der Waals surface area contributed by atoms with E-state index < -0.39 is 0 Å². The van der Waals surface area contributed by atoms with Gasteiger partial charge >= 0.3 is 0 Å². The molecule has 2 N–H and O–H groups in total. The average molecular weight is 253 g/mol. The van der Waals surface area contributed by atoms with Crippen molar-refractivity contribution in [3.8, 4) is 5.75 Å². The minimum Gasteiger partial charge on any atom is -0.485 e. The predicted octanol–water partition coefficient (Wildman–Crippen LogP) is 3.83. The number of hydrogen-bond donors (Lipinski definition) is 1. The van der Waals surface area contributed by atoms with Crippen LogP contribution in [-0.2, 0) is 0 Å². The molecule has 1 aliphatic heterocycles. The van der Waals surface area contributed by atoms with Crippen molar-refractivity contribution in [3.05, 3.63) is 64.7 Å². The number of ether oxygens (including phenoxy) is 1. The first-order valence-corrected chi connectivity index (χ1v) is 6.74. The van der Waals surface area contributed by atoms with Gasteiger partial charge in [0.25, 0.3) is 0 Å². The van der Waals surface area contributed by atoms with Crippen molar-refractivity contribution >= 4 is 0 Å². The van der Waals surface area contributed by atoms with Gasteiger partial charge in [0.2, 0.25) is 0 Å². The van der Waals surface area contributed by atoms with Crippen LogP contribution in [0.1, 0.15) is 40.8 Å². The molecule has 1 unspecified atom stereocenters. The molecule has 2 aromatic rings. The molecule has 0 bridgehead atoms. The van der Waals surface area contributed by atoms with Crippen molar-refractivity contribution in [2.24, 2.45) is 5.73 Å². The van der Waals surface area contributed by atoms with Crippen LogP contribution in [0.25, 0.3) is 0 Å². The summed E-state index contributed by atoms with van der Waals surface area (Å²) >= 11 is 0. The molecule has 3 rings (SSSR count). The van der Waals surface area contributed by atoms with Crippen molar-refractivity contribution in [3.63, 3.8) is 0 Å². The van der Waals surface area contributed by atoms with Crippen LogP contribution in [0, 0.1) is 13.8 Å². The van der Waals surface area contributed by atoms with Crippen LogP contribution in [0.3, 0.4) is 0 Å². The number of para-hydroxylation sites is 1. The second-order valence-corrected chi connectivity index (χ2v) is 5.29. The monoisotopic (exact) mass is 253 g/mol. The molecule has 19 heavy (non-hydrogen) atoms. The highest BCUT2D eigenvalue weighted by atomic mass is 16.5. The molecule has 1 aliphatic rings. The first-order chi connectivity index (χ1) is 9.16. The summed E-state index contributed by atoms with van der Waals surface area (Å²) < 4.78 is 6.17. The molecular weight excluding hydrogens is 234 g/mol. The van der Waals surface area contributed by atoms with Crippen LogP contribution < -0.4 is 10.5 Å². The predicted molar refractivity (Wildman–Crippen MR) is 77.3 cm³/mol. The molecule has 0 spiro atoms. The normalized spacial score (nSPS) is 21.6. The molecule has 0 fully saturated rings. The zero-order chi connectivity index (χ0) is 13.4. The van der Waals surface area contributed by atoms with Crippen LogP contribution >= 0.6 is 0 Å². The van der Waals surface area contributed by atoms with Gasteiger partial charge in [-0.05, 0) is 36.6 Å². The van der Waals surface area contributed by atoms with E-state index >= 15 is 0 Å². The molecule has 0 aliphatic carbocycles. The van der Waals surface area contributed by atoms with Gasteiger partial charge in [-0.1, -0.05) is 36.4 Å². The van der Waals surface area contributed by atoms with E-state index in [2.05, 4.69) is 38.1 Å². The second-order valence-electron chi connectivity index (χ2n) is 5.29. The van der Waals surface area contributed by atoms with Gasteiger partial charge in [-0.25, -0.2) is 0 Å². The Kier molecular flexibility index (Phi) is 3.03. The first-order valence-electron chi connectivity index (χ1n) is 6.74. The Morgan fingerprint density at radius 3 is 2.42 bits per heavy atom. The quantitative estimate of drug-likeness (QED) is 0.838. The maximum atomic E-state index is 6.29.